The quantitative estimate of drug-likeness (QED) is 0.856. The molecule has 1 unspecified atom stereocenters. The highest BCUT2D eigenvalue weighted by molar-refractivity contribution is 9.10. The largest absolute Gasteiger partial charge is 0.310 e. The van der Waals surface area contributed by atoms with Gasteiger partial charge in [0, 0.05) is 22.9 Å². The fourth-order valence-corrected chi connectivity index (χ4v) is 2.13. The van der Waals surface area contributed by atoms with Gasteiger partial charge in [-0.2, -0.15) is 0 Å². The molecule has 1 atom stereocenters. The predicted octanol–water partition coefficient (Wildman–Crippen LogP) is 3.93. The van der Waals surface area contributed by atoms with Crippen molar-refractivity contribution in [1.29, 1.82) is 0 Å². The Labute approximate surface area is 107 Å². The number of hydrogen-bond acceptors (Lipinski definition) is 2. The van der Waals surface area contributed by atoms with Gasteiger partial charge in [-0.3, -0.25) is 4.98 Å². The van der Waals surface area contributed by atoms with Crippen molar-refractivity contribution < 1.29 is 0 Å². The standard InChI is InChI=1S/C13H21BrN2/c1-4-5-16-13(6-10(2)3)11-7-12(14)9-15-8-11/h7-10,13,16H,4-6H2,1-3H3. The maximum atomic E-state index is 4.23. The van der Waals surface area contributed by atoms with Gasteiger partial charge in [0.15, 0.2) is 0 Å². The van der Waals surface area contributed by atoms with Crippen LogP contribution in [0, 0.1) is 5.92 Å². The molecule has 1 aromatic heterocycles. The first kappa shape index (κ1) is 13.7. The molecule has 16 heavy (non-hydrogen) atoms. The summed E-state index contributed by atoms with van der Waals surface area (Å²) in [6.07, 6.45) is 6.10. The van der Waals surface area contributed by atoms with Crippen molar-refractivity contribution in [3.8, 4) is 0 Å². The molecule has 0 spiro atoms. The van der Waals surface area contributed by atoms with Gasteiger partial charge in [-0.25, -0.2) is 0 Å². The maximum Gasteiger partial charge on any atom is 0.0410 e. The van der Waals surface area contributed by atoms with Gasteiger partial charge in [0.05, 0.1) is 0 Å². The monoisotopic (exact) mass is 284 g/mol. The Morgan fingerprint density at radius 3 is 2.69 bits per heavy atom. The van der Waals surface area contributed by atoms with E-state index in [-0.39, 0.29) is 0 Å². The summed E-state index contributed by atoms with van der Waals surface area (Å²) in [4.78, 5) is 4.23. The molecule has 0 aromatic carbocycles. The van der Waals surface area contributed by atoms with Crippen molar-refractivity contribution >= 4 is 15.9 Å². The van der Waals surface area contributed by atoms with Gasteiger partial charge >= 0.3 is 0 Å². The van der Waals surface area contributed by atoms with Crippen LogP contribution in [0.15, 0.2) is 22.9 Å². The second kappa shape index (κ2) is 7.02. The lowest BCUT2D eigenvalue weighted by molar-refractivity contribution is 0.429. The molecule has 3 heteroatoms. The normalized spacial score (nSPS) is 13.1. The molecule has 1 rings (SSSR count). The van der Waals surface area contributed by atoms with Crippen LogP contribution < -0.4 is 5.32 Å². The Hall–Kier alpha value is -0.410. The van der Waals surface area contributed by atoms with Gasteiger partial charge in [-0.15, -0.1) is 0 Å². The Morgan fingerprint density at radius 2 is 2.12 bits per heavy atom. The summed E-state index contributed by atoms with van der Waals surface area (Å²) in [6, 6.07) is 2.58. The lowest BCUT2D eigenvalue weighted by Crippen LogP contribution is -2.23. The fourth-order valence-electron chi connectivity index (χ4n) is 1.75. The Kier molecular flexibility index (Phi) is 5.99. The summed E-state index contributed by atoms with van der Waals surface area (Å²) < 4.78 is 1.05. The molecule has 0 amide bonds. The number of nitrogens with one attached hydrogen (secondary N) is 1. The van der Waals surface area contributed by atoms with E-state index in [0.29, 0.717) is 12.0 Å². The third-order valence-electron chi connectivity index (χ3n) is 2.48. The van der Waals surface area contributed by atoms with Gasteiger partial charge in [-0.05, 0) is 52.9 Å². The minimum Gasteiger partial charge on any atom is -0.310 e. The highest BCUT2D eigenvalue weighted by Crippen LogP contribution is 2.22. The number of hydrogen-bond donors (Lipinski definition) is 1. The van der Waals surface area contributed by atoms with Crippen LogP contribution in [-0.2, 0) is 0 Å². The van der Waals surface area contributed by atoms with Gasteiger partial charge < -0.3 is 5.32 Å². The maximum absolute atomic E-state index is 4.23. The number of halogens is 1. The van der Waals surface area contributed by atoms with Crippen LogP contribution in [-0.4, -0.2) is 11.5 Å². The minimum atomic E-state index is 0.421. The van der Waals surface area contributed by atoms with E-state index in [4.69, 9.17) is 0 Å². The van der Waals surface area contributed by atoms with Crippen LogP contribution in [0.4, 0.5) is 0 Å². The van der Waals surface area contributed by atoms with Crippen LogP contribution in [0.1, 0.15) is 45.2 Å². The molecule has 0 fully saturated rings. The van der Waals surface area contributed by atoms with E-state index in [9.17, 15) is 0 Å². The average Bonchev–Trinajstić information content (AvgIpc) is 2.23. The zero-order valence-corrected chi connectivity index (χ0v) is 11.9. The third kappa shape index (κ3) is 4.62. The molecule has 0 aliphatic heterocycles. The average molecular weight is 285 g/mol. The molecule has 90 valence electrons. The summed E-state index contributed by atoms with van der Waals surface area (Å²) in [7, 11) is 0. The van der Waals surface area contributed by atoms with Crippen LogP contribution in [0.3, 0.4) is 0 Å². The first-order chi connectivity index (χ1) is 7.63. The molecule has 1 heterocycles. The van der Waals surface area contributed by atoms with Crippen molar-refractivity contribution in [3.05, 3.63) is 28.5 Å². The fraction of sp³-hybridized carbons (Fsp3) is 0.615. The molecule has 0 aliphatic carbocycles. The smallest absolute Gasteiger partial charge is 0.0410 e. The summed E-state index contributed by atoms with van der Waals surface area (Å²) in [5.74, 6) is 0.688. The van der Waals surface area contributed by atoms with E-state index in [1.807, 2.05) is 12.4 Å². The van der Waals surface area contributed by atoms with Gasteiger partial charge in [0.1, 0.15) is 0 Å². The van der Waals surface area contributed by atoms with Crippen molar-refractivity contribution in [2.45, 2.75) is 39.7 Å². The number of pyridine rings is 1. The zero-order valence-electron chi connectivity index (χ0n) is 10.3. The van der Waals surface area contributed by atoms with Crippen LogP contribution in [0.2, 0.25) is 0 Å². The molecule has 0 saturated carbocycles. The highest BCUT2D eigenvalue weighted by Gasteiger charge is 2.12. The summed E-state index contributed by atoms with van der Waals surface area (Å²) in [5, 5.41) is 3.58. The molecule has 0 aliphatic rings. The van der Waals surface area contributed by atoms with Gasteiger partial charge in [-0.1, -0.05) is 20.8 Å². The summed E-state index contributed by atoms with van der Waals surface area (Å²) in [5.41, 5.74) is 1.27. The SMILES string of the molecule is CCCNC(CC(C)C)c1cncc(Br)c1. The molecule has 2 nitrogen and oxygen atoms in total. The van der Waals surface area contributed by atoms with E-state index < -0.39 is 0 Å². The number of rotatable bonds is 6. The first-order valence-corrected chi connectivity index (χ1v) is 6.76. The second-order valence-corrected chi connectivity index (χ2v) is 5.49. The Morgan fingerprint density at radius 1 is 1.38 bits per heavy atom. The van der Waals surface area contributed by atoms with E-state index in [0.717, 1.165) is 23.9 Å². The molecular formula is C13H21BrN2. The van der Waals surface area contributed by atoms with E-state index in [2.05, 4.69) is 53.1 Å². The van der Waals surface area contributed by atoms with Crippen molar-refractivity contribution in [3.63, 3.8) is 0 Å². The number of aromatic nitrogens is 1. The molecule has 0 radical (unpaired) electrons. The lowest BCUT2D eigenvalue weighted by Gasteiger charge is -2.20. The molecule has 0 saturated heterocycles. The first-order valence-electron chi connectivity index (χ1n) is 5.97. The molecular weight excluding hydrogens is 264 g/mol. The van der Waals surface area contributed by atoms with Crippen LogP contribution in [0.5, 0.6) is 0 Å². The molecule has 0 bridgehead atoms. The lowest BCUT2D eigenvalue weighted by atomic mass is 9.98. The minimum absolute atomic E-state index is 0.421. The Bertz CT molecular complexity index is 313. The third-order valence-corrected chi connectivity index (χ3v) is 2.91. The van der Waals surface area contributed by atoms with Crippen LogP contribution >= 0.6 is 15.9 Å². The van der Waals surface area contributed by atoms with Crippen molar-refractivity contribution in [1.82, 2.24) is 10.3 Å². The molecule has 1 N–H and O–H groups in total. The Balaban J connectivity index is 2.74. The number of nitrogens with zero attached hydrogens (tertiary/aromatic N) is 1. The van der Waals surface area contributed by atoms with Gasteiger partial charge in [0.25, 0.3) is 0 Å². The topological polar surface area (TPSA) is 24.9 Å². The van der Waals surface area contributed by atoms with Crippen molar-refractivity contribution in [2.24, 2.45) is 5.92 Å². The van der Waals surface area contributed by atoms with E-state index >= 15 is 0 Å². The summed E-state index contributed by atoms with van der Waals surface area (Å²) >= 11 is 3.47. The predicted molar refractivity (Wildman–Crippen MR) is 72.4 cm³/mol. The van der Waals surface area contributed by atoms with Crippen LogP contribution in [0.25, 0.3) is 0 Å². The highest BCUT2D eigenvalue weighted by atomic mass is 79.9. The van der Waals surface area contributed by atoms with E-state index in [1.54, 1.807) is 0 Å². The second-order valence-electron chi connectivity index (χ2n) is 4.57. The van der Waals surface area contributed by atoms with Gasteiger partial charge in [0.2, 0.25) is 0 Å². The van der Waals surface area contributed by atoms with Crippen molar-refractivity contribution in [2.75, 3.05) is 6.54 Å². The summed E-state index contributed by atoms with van der Waals surface area (Å²) in [6.45, 7) is 7.76. The van der Waals surface area contributed by atoms with E-state index in [1.165, 1.54) is 5.56 Å². The molecule has 1 aromatic rings. The zero-order chi connectivity index (χ0) is 12.0.